The Morgan fingerprint density at radius 3 is 2.71 bits per heavy atom. The highest BCUT2D eigenvalue weighted by atomic mass is 15.1. The first kappa shape index (κ1) is 12.2. The lowest BCUT2D eigenvalue weighted by Crippen LogP contribution is -2.22. The molecule has 1 fully saturated rings. The van der Waals surface area contributed by atoms with E-state index in [-0.39, 0.29) is 0 Å². The highest BCUT2D eigenvalue weighted by Crippen LogP contribution is 2.33. The molecule has 0 aromatic rings. The standard InChI is InChI=1S/C15H22N2/c1-4-10-17-11-15(16-12(2)13(17)3)14-8-6-5-7-9-14/h4,10-11,14H,3,5-9H2,1-2H3/b10-4-. The van der Waals surface area contributed by atoms with Gasteiger partial charge in [-0.15, -0.1) is 0 Å². The van der Waals surface area contributed by atoms with E-state index in [1.807, 2.05) is 13.0 Å². The first-order valence-corrected chi connectivity index (χ1v) is 6.60. The van der Waals surface area contributed by atoms with E-state index in [9.17, 15) is 0 Å². The lowest BCUT2D eigenvalue weighted by Gasteiger charge is -2.29. The predicted molar refractivity (Wildman–Crippen MR) is 73.6 cm³/mol. The molecule has 0 atom stereocenters. The largest absolute Gasteiger partial charge is 0.321 e. The van der Waals surface area contributed by atoms with Crippen molar-refractivity contribution in [1.82, 2.24) is 4.90 Å². The van der Waals surface area contributed by atoms with Crippen molar-refractivity contribution in [2.45, 2.75) is 46.0 Å². The van der Waals surface area contributed by atoms with Gasteiger partial charge in [-0.2, -0.15) is 0 Å². The van der Waals surface area contributed by atoms with E-state index >= 15 is 0 Å². The summed E-state index contributed by atoms with van der Waals surface area (Å²) in [4.78, 5) is 6.83. The zero-order valence-electron chi connectivity index (χ0n) is 10.9. The van der Waals surface area contributed by atoms with Crippen molar-refractivity contribution in [3.8, 4) is 0 Å². The van der Waals surface area contributed by atoms with Crippen LogP contribution in [0.15, 0.2) is 41.4 Å². The van der Waals surface area contributed by atoms with E-state index in [0.29, 0.717) is 5.92 Å². The van der Waals surface area contributed by atoms with Gasteiger partial charge in [-0.1, -0.05) is 31.9 Å². The van der Waals surface area contributed by atoms with Gasteiger partial charge in [-0.25, -0.2) is 0 Å². The van der Waals surface area contributed by atoms with Crippen molar-refractivity contribution in [2.75, 3.05) is 0 Å². The fraction of sp³-hybridized carbons (Fsp3) is 0.533. The highest BCUT2D eigenvalue weighted by Gasteiger charge is 2.22. The first-order valence-electron chi connectivity index (χ1n) is 6.60. The zero-order valence-corrected chi connectivity index (χ0v) is 10.9. The van der Waals surface area contributed by atoms with Crippen LogP contribution < -0.4 is 0 Å². The molecule has 1 saturated carbocycles. The van der Waals surface area contributed by atoms with Crippen LogP contribution in [-0.2, 0) is 0 Å². The average molecular weight is 230 g/mol. The van der Waals surface area contributed by atoms with Crippen LogP contribution in [0, 0.1) is 5.92 Å². The van der Waals surface area contributed by atoms with E-state index < -0.39 is 0 Å². The molecule has 2 nitrogen and oxygen atoms in total. The fourth-order valence-corrected chi connectivity index (χ4v) is 2.58. The molecular formula is C15H22N2. The van der Waals surface area contributed by atoms with E-state index in [0.717, 1.165) is 11.4 Å². The lowest BCUT2D eigenvalue weighted by molar-refractivity contribution is 0.394. The minimum Gasteiger partial charge on any atom is -0.321 e. The number of rotatable bonds is 2. The van der Waals surface area contributed by atoms with Gasteiger partial charge in [-0.3, -0.25) is 4.99 Å². The average Bonchev–Trinajstić information content (AvgIpc) is 2.36. The summed E-state index contributed by atoms with van der Waals surface area (Å²) in [6.07, 6.45) is 12.9. The molecule has 2 heteroatoms. The van der Waals surface area contributed by atoms with Crippen LogP contribution in [0.4, 0.5) is 0 Å². The van der Waals surface area contributed by atoms with Crippen LogP contribution in [0.3, 0.4) is 0 Å². The van der Waals surface area contributed by atoms with Crippen molar-refractivity contribution in [3.05, 3.63) is 36.4 Å². The Morgan fingerprint density at radius 1 is 1.35 bits per heavy atom. The van der Waals surface area contributed by atoms with E-state index in [2.05, 4.69) is 30.8 Å². The van der Waals surface area contributed by atoms with Crippen LogP contribution in [0.2, 0.25) is 0 Å². The van der Waals surface area contributed by atoms with Crippen LogP contribution in [0.1, 0.15) is 46.0 Å². The monoisotopic (exact) mass is 230 g/mol. The molecule has 2 aliphatic rings. The maximum Gasteiger partial charge on any atom is 0.0610 e. The van der Waals surface area contributed by atoms with Gasteiger partial charge in [0.15, 0.2) is 0 Å². The molecule has 0 aromatic heterocycles. The van der Waals surface area contributed by atoms with Crippen molar-refractivity contribution in [1.29, 1.82) is 0 Å². The Morgan fingerprint density at radius 2 is 2.06 bits per heavy atom. The summed E-state index contributed by atoms with van der Waals surface area (Å²) in [5.41, 5.74) is 3.28. The third kappa shape index (κ3) is 2.68. The number of allylic oxidation sites excluding steroid dienone is 3. The lowest BCUT2D eigenvalue weighted by atomic mass is 9.87. The zero-order chi connectivity index (χ0) is 12.3. The Hall–Kier alpha value is -1.31. The summed E-state index contributed by atoms with van der Waals surface area (Å²) < 4.78 is 0. The second-order valence-electron chi connectivity index (χ2n) is 4.92. The number of hydrogen-bond acceptors (Lipinski definition) is 2. The first-order chi connectivity index (χ1) is 8.22. The maximum atomic E-state index is 4.72. The second kappa shape index (κ2) is 5.35. The minimum absolute atomic E-state index is 0.652. The molecule has 17 heavy (non-hydrogen) atoms. The van der Waals surface area contributed by atoms with Gasteiger partial charge >= 0.3 is 0 Å². The molecule has 92 valence electrons. The van der Waals surface area contributed by atoms with Gasteiger partial charge in [0.25, 0.3) is 0 Å². The van der Waals surface area contributed by atoms with Gasteiger partial charge in [0.1, 0.15) is 0 Å². The second-order valence-corrected chi connectivity index (χ2v) is 4.92. The molecule has 1 aliphatic carbocycles. The minimum atomic E-state index is 0.652. The molecule has 0 aromatic carbocycles. The number of aliphatic imine (C=N–C) groups is 1. The summed E-state index contributed by atoms with van der Waals surface area (Å²) in [5.74, 6) is 0.652. The van der Waals surface area contributed by atoms with Crippen molar-refractivity contribution in [2.24, 2.45) is 10.9 Å². The fourth-order valence-electron chi connectivity index (χ4n) is 2.58. The Bertz CT molecular complexity index is 382. The molecule has 0 amide bonds. The van der Waals surface area contributed by atoms with Gasteiger partial charge in [0, 0.05) is 18.3 Å². The molecule has 0 bridgehead atoms. The van der Waals surface area contributed by atoms with Crippen LogP contribution >= 0.6 is 0 Å². The molecule has 2 rings (SSSR count). The third-order valence-electron chi connectivity index (χ3n) is 3.63. The number of hydrogen-bond donors (Lipinski definition) is 0. The van der Waals surface area contributed by atoms with Gasteiger partial charge in [0.2, 0.25) is 0 Å². The topological polar surface area (TPSA) is 15.6 Å². The SMILES string of the molecule is C=C1C(C)=NC(C2CCCCC2)=CN1/C=C\C. The van der Waals surface area contributed by atoms with Crippen LogP contribution in [0.25, 0.3) is 0 Å². The van der Waals surface area contributed by atoms with E-state index in [1.165, 1.54) is 37.8 Å². The van der Waals surface area contributed by atoms with Gasteiger partial charge in [0.05, 0.1) is 17.1 Å². The van der Waals surface area contributed by atoms with Crippen molar-refractivity contribution < 1.29 is 0 Å². The smallest absolute Gasteiger partial charge is 0.0610 e. The molecule has 1 heterocycles. The molecular weight excluding hydrogens is 208 g/mol. The molecule has 0 N–H and O–H groups in total. The third-order valence-corrected chi connectivity index (χ3v) is 3.63. The molecule has 0 unspecified atom stereocenters. The molecule has 0 spiro atoms. The molecule has 1 aliphatic heterocycles. The number of nitrogens with zero attached hydrogens (tertiary/aromatic N) is 2. The summed E-state index contributed by atoms with van der Waals surface area (Å²) in [7, 11) is 0. The quantitative estimate of drug-likeness (QED) is 0.693. The van der Waals surface area contributed by atoms with E-state index in [1.54, 1.807) is 0 Å². The summed E-state index contributed by atoms with van der Waals surface area (Å²) in [5, 5.41) is 0. The van der Waals surface area contributed by atoms with Gasteiger partial charge < -0.3 is 4.90 Å². The van der Waals surface area contributed by atoms with Crippen LogP contribution in [-0.4, -0.2) is 10.6 Å². The maximum absolute atomic E-state index is 4.72. The van der Waals surface area contributed by atoms with Crippen molar-refractivity contribution >= 4 is 5.71 Å². The van der Waals surface area contributed by atoms with Gasteiger partial charge in [-0.05, 0) is 26.7 Å². The predicted octanol–water partition coefficient (Wildman–Crippen LogP) is 4.23. The Labute approximate surface area is 104 Å². The highest BCUT2D eigenvalue weighted by molar-refractivity contribution is 5.98. The molecule has 0 radical (unpaired) electrons. The molecule has 0 saturated heterocycles. The summed E-state index contributed by atoms with van der Waals surface area (Å²) in [6.45, 7) is 8.15. The summed E-state index contributed by atoms with van der Waals surface area (Å²) in [6, 6.07) is 0. The normalized spacial score (nSPS) is 22.9. The van der Waals surface area contributed by atoms with Crippen molar-refractivity contribution in [3.63, 3.8) is 0 Å². The Balaban J connectivity index is 2.20. The Kier molecular flexibility index (Phi) is 3.82. The van der Waals surface area contributed by atoms with E-state index in [4.69, 9.17) is 4.99 Å². The summed E-state index contributed by atoms with van der Waals surface area (Å²) >= 11 is 0. The van der Waals surface area contributed by atoms with Crippen LogP contribution in [0.5, 0.6) is 0 Å².